The molecule has 0 radical (unpaired) electrons. The van der Waals surface area contributed by atoms with Crippen molar-refractivity contribution in [2.75, 3.05) is 6.54 Å². The van der Waals surface area contributed by atoms with Crippen molar-refractivity contribution in [2.24, 2.45) is 0 Å². The number of hydrogen-bond donors (Lipinski definition) is 0. The number of rotatable bonds is 5. The van der Waals surface area contributed by atoms with Gasteiger partial charge in [0.05, 0.1) is 6.54 Å². The lowest BCUT2D eigenvalue weighted by atomic mass is 10.0. The highest BCUT2D eigenvalue weighted by Crippen LogP contribution is 2.28. The number of ether oxygens (including phenoxy) is 1. The number of hydrogen-bond acceptors (Lipinski definition) is 5. The summed E-state index contributed by atoms with van der Waals surface area (Å²) < 4.78 is 32.5. The van der Waals surface area contributed by atoms with Crippen LogP contribution in [0.4, 0.5) is 8.78 Å². The Morgan fingerprint density at radius 2 is 1.96 bits per heavy atom. The van der Waals surface area contributed by atoms with Crippen molar-refractivity contribution < 1.29 is 13.5 Å². The molecule has 0 saturated carbocycles. The maximum absolute atomic E-state index is 12.8. The zero-order valence-electron chi connectivity index (χ0n) is 15.8. The van der Waals surface area contributed by atoms with Crippen LogP contribution in [0.5, 0.6) is 5.75 Å². The van der Waals surface area contributed by atoms with E-state index in [0.29, 0.717) is 13.1 Å². The van der Waals surface area contributed by atoms with Crippen molar-refractivity contribution in [1.29, 1.82) is 0 Å². The van der Waals surface area contributed by atoms with Gasteiger partial charge in [-0.2, -0.15) is 8.78 Å². The van der Waals surface area contributed by atoms with Crippen LogP contribution in [0.3, 0.4) is 0 Å². The molecule has 0 aliphatic carbocycles. The van der Waals surface area contributed by atoms with Crippen LogP contribution in [0, 0.1) is 13.8 Å². The lowest BCUT2D eigenvalue weighted by Crippen LogP contribution is -2.33. The molecular formula is C20H21F2N5O. The van der Waals surface area contributed by atoms with E-state index in [-0.39, 0.29) is 5.75 Å². The summed E-state index contributed by atoms with van der Waals surface area (Å²) in [4.78, 5) is 6.31. The van der Waals surface area contributed by atoms with Crippen LogP contribution in [-0.4, -0.2) is 37.8 Å². The maximum atomic E-state index is 12.8. The SMILES string of the molecule is Cc1cc(CN2CCn3c(nnc3-c3cccnc3)C2)c(OC(F)F)cc1C. The molecule has 146 valence electrons. The molecule has 0 fully saturated rings. The minimum Gasteiger partial charge on any atom is -0.434 e. The van der Waals surface area contributed by atoms with Gasteiger partial charge in [-0.15, -0.1) is 10.2 Å². The van der Waals surface area contributed by atoms with E-state index in [2.05, 4.69) is 24.6 Å². The summed E-state index contributed by atoms with van der Waals surface area (Å²) in [5.41, 5.74) is 3.66. The van der Waals surface area contributed by atoms with Gasteiger partial charge in [-0.3, -0.25) is 9.88 Å². The molecule has 1 aliphatic rings. The maximum Gasteiger partial charge on any atom is 0.387 e. The zero-order valence-corrected chi connectivity index (χ0v) is 15.8. The summed E-state index contributed by atoms with van der Waals surface area (Å²) in [5, 5.41) is 8.63. The quantitative estimate of drug-likeness (QED) is 0.672. The molecule has 4 rings (SSSR count). The third kappa shape index (κ3) is 3.73. The Morgan fingerprint density at radius 1 is 1.14 bits per heavy atom. The van der Waals surface area contributed by atoms with Crippen LogP contribution in [0.2, 0.25) is 0 Å². The van der Waals surface area contributed by atoms with Gasteiger partial charge in [-0.1, -0.05) is 6.07 Å². The number of aromatic nitrogens is 4. The van der Waals surface area contributed by atoms with Gasteiger partial charge in [0, 0.05) is 43.2 Å². The lowest BCUT2D eigenvalue weighted by Gasteiger charge is -2.28. The Bertz CT molecular complexity index is 974. The highest BCUT2D eigenvalue weighted by Gasteiger charge is 2.23. The lowest BCUT2D eigenvalue weighted by molar-refractivity contribution is -0.0508. The predicted molar refractivity (Wildman–Crippen MR) is 99.9 cm³/mol. The molecule has 0 amide bonds. The van der Waals surface area contributed by atoms with Crippen LogP contribution >= 0.6 is 0 Å². The fourth-order valence-electron chi connectivity index (χ4n) is 3.47. The average Bonchev–Trinajstić information content (AvgIpc) is 3.09. The molecule has 3 heterocycles. The van der Waals surface area contributed by atoms with Gasteiger partial charge in [-0.25, -0.2) is 0 Å². The van der Waals surface area contributed by atoms with Crippen LogP contribution < -0.4 is 4.74 Å². The van der Waals surface area contributed by atoms with E-state index in [1.807, 2.05) is 32.0 Å². The number of alkyl halides is 2. The van der Waals surface area contributed by atoms with Gasteiger partial charge in [0.2, 0.25) is 0 Å². The van der Waals surface area contributed by atoms with E-state index in [0.717, 1.165) is 47.0 Å². The molecule has 0 saturated heterocycles. The molecule has 6 nitrogen and oxygen atoms in total. The standard InChI is InChI=1S/C20H21F2N5O/c1-13-8-16(17(9-14(13)2)28-20(21)22)11-26-6-7-27-18(12-26)24-25-19(27)15-4-3-5-23-10-15/h3-5,8-10,20H,6-7,11-12H2,1-2H3. The summed E-state index contributed by atoms with van der Waals surface area (Å²) >= 11 is 0. The Balaban J connectivity index is 1.55. The Kier molecular flexibility index (Phi) is 5.04. The fraction of sp³-hybridized carbons (Fsp3) is 0.350. The Hall–Kier alpha value is -2.87. The molecule has 1 aliphatic heterocycles. The highest BCUT2D eigenvalue weighted by molar-refractivity contribution is 5.53. The number of nitrogens with zero attached hydrogens (tertiary/aromatic N) is 5. The van der Waals surface area contributed by atoms with E-state index >= 15 is 0 Å². The van der Waals surface area contributed by atoms with Gasteiger partial charge in [0.15, 0.2) is 5.82 Å². The van der Waals surface area contributed by atoms with Crippen molar-refractivity contribution in [3.63, 3.8) is 0 Å². The number of halogens is 2. The summed E-state index contributed by atoms with van der Waals surface area (Å²) in [7, 11) is 0. The molecule has 0 unspecified atom stereocenters. The summed E-state index contributed by atoms with van der Waals surface area (Å²) in [6.07, 6.45) is 3.49. The average molecular weight is 385 g/mol. The largest absolute Gasteiger partial charge is 0.434 e. The van der Waals surface area contributed by atoms with Crippen LogP contribution in [0.1, 0.15) is 22.5 Å². The second-order valence-corrected chi connectivity index (χ2v) is 6.97. The first-order valence-electron chi connectivity index (χ1n) is 9.11. The second kappa shape index (κ2) is 7.63. The summed E-state index contributed by atoms with van der Waals surface area (Å²) in [6.45, 7) is 3.61. The monoisotopic (exact) mass is 385 g/mol. The predicted octanol–water partition coefficient (Wildman–Crippen LogP) is 3.57. The molecule has 8 heteroatoms. The first-order valence-corrected chi connectivity index (χ1v) is 9.11. The minimum absolute atomic E-state index is 0.237. The number of benzene rings is 1. The molecule has 0 bridgehead atoms. The van der Waals surface area contributed by atoms with Crippen molar-refractivity contribution >= 4 is 0 Å². The van der Waals surface area contributed by atoms with Crippen LogP contribution in [0.25, 0.3) is 11.4 Å². The van der Waals surface area contributed by atoms with E-state index in [1.165, 1.54) is 0 Å². The first-order chi connectivity index (χ1) is 13.5. The van der Waals surface area contributed by atoms with Crippen molar-refractivity contribution in [1.82, 2.24) is 24.6 Å². The molecule has 1 aromatic carbocycles. The topological polar surface area (TPSA) is 56.1 Å². The van der Waals surface area contributed by atoms with Crippen molar-refractivity contribution in [3.05, 3.63) is 59.2 Å². The highest BCUT2D eigenvalue weighted by atomic mass is 19.3. The molecule has 0 spiro atoms. The van der Waals surface area contributed by atoms with Crippen molar-refractivity contribution in [2.45, 2.75) is 40.1 Å². The third-order valence-corrected chi connectivity index (χ3v) is 5.04. The van der Waals surface area contributed by atoms with Gasteiger partial charge in [0.1, 0.15) is 11.6 Å². The van der Waals surface area contributed by atoms with E-state index in [9.17, 15) is 8.78 Å². The van der Waals surface area contributed by atoms with Gasteiger partial charge in [0.25, 0.3) is 0 Å². The van der Waals surface area contributed by atoms with E-state index in [4.69, 9.17) is 4.74 Å². The van der Waals surface area contributed by atoms with Gasteiger partial charge in [-0.05, 0) is 43.2 Å². The normalized spacial score (nSPS) is 14.3. The molecule has 3 aromatic rings. The summed E-state index contributed by atoms with van der Waals surface area (Å²) in [6, 6.07) is 7.44. The van der Waals surface area contributed by atoms with Crippen molar-refractivity contribution in [3.8, 4) is 17.1 Å². The smallest absolute Gasteiger partial charge is 0.387 e. The second-order valence-electron chi connectivity index (χ2n) is 6.97. The van der Waals surface area contributed by atoms with E-state index in [1.54, 1.807) is 18.5 Å². The molecule has 28 heavy (non-hydrogen) atoms. The number of pyridine rings is 1. The molecular weight excluding hydrogens is 364 g/mol. The number of aryl methyl sites for hydroxylation is 2. The molecule has 0 atom stereocenters. The Morgan fingerprint density at radius 3 is 2.71 bits per heavy atom. The summed E-state index contributed by atoms with van der Waals surface area (Å²) in [5.74, 6) is 1.89. The zero-order chi connectivity index (χ0) is 19.7. The van der Waals surface area contributed by atoms with Crippen LogP contribution in [-0.2, 0) is 19.6 Å². The first kappa shape index (κ1) is 18.5. The van der Waals surface area contributed by atoms with Crippen LogP contribution in [0.15, 0.2) is 36.7 Å². The minimum atomic E-state index is -2.84. The van der Waals surface area contributed by atoms with Gasteiger partial charge < -0.3 is 9.30 Å². The Labute approximate surface area is 161 Å². The number of fused-ring (bicyclic) bond motifs is 1. The van der Waals surface area contributed by atoms with E-state index < -0.39 is 6.61 Å². The fourth-order valence-corrected chi connectivity index (χ4v) is 3.47. The molecule has 0 N–H and O–H groups in total. The third-order valence-electron chi connectivity index (χ3n) is 5.04. The van der Waals surface area contributed by atoms with Gasteiger partial charge >= 0.3 is 6.61 Å². The molecule has 2 aromatic heterocycles.